The zero-order chi connectivity index (χ0) is 11.5. The highest BCUT2D eigenvalue weighted by molar-refractivity contribution is 5.70. The number of hydrogen-bond acceptors (Lipinski definition) is 3. The highest BCUT2D eigenvalue weighted by Crippen LogP contribution is 2.33. The average molecular weight is 223 g/mol. The summed E-state index contributed by atoms with van der Waals surface area (Å²) >= 11 is 0. The van der Waals surface area contributed by atoms with Crippen molar-refractivity contribution in [1.29, 1.82) is 0 Å². The van der Waals surface area contributed by atoms with Crippen molar-refractivity contribution < 1.29 is 13.9 Å². The SMILES string of the molecule is NC(OC(=O)CC1CC1)c1cccc(F)c1. The summed E-state index contributed by atoms with van der Waals surface area (Å²) in [6.45, 7) is 0. The third-order valence-corrected chi connectivity index (χ3v) is 2.59. The van der Waals surface area contributed by atoms with E-state index < -0.39 is 6.23 Å². The fourth-order valence-electron chi connectivity index (χ4n) is 1.50. The average Bonchev–Trinajstić information content (AvgIpc) is 3.01. The Bertz CT molecular complexity index is 390. The summed E-state index contributed by atoms with van der Waals surface area (Å²) in [4.78, 5) is 11.4. The van der Waals surface area contributed by atoms with Gasteiger partial charge in [0.15, 0.2) is 6.23 Å². The summed E-state index contributed by atoms with van der Waals surface area (Å²) in [5, 5.41) is 0. The molecule has 0 spiro atoms. The van der Waals surface area contributed by atoms with Crippen LogP contribution in [0.2, 0.25) is 0 Å². The molecule has 1 aliphatic rings. The van der Waals surface area contributed by atoms with Gasteiger partial charge >= 0.3 is 5.97 Å². The van der Waals surface area contributed by atoms with E-state index in [1.54, 1.807) is 12.1 Å². The van der Waals surface area contributed by atoms with E-state index in [0.717, 1.165) is 12.8 Å². The van der Waals surface area contributed by atoms with Gasteiger partial charge in [-0.15, -0.1) is 0 Å². The minimum absolute atomic E-state index is 0.306. The summed E-state index contributed by atoms with van der Waals surface area (Å²) in [6.07, 6.45) is 1.72. The molecule has 0 bridgehead atoms. The van der Waals surface area contributed by atoms with Gasteiger partial charge in [-0.3, -0.25) is 10.5 Å². The molecule has 1 aliphatic carbocycles. The molecule has 1 unspecified atom stereocenters. The van der Waals surface area contributed by atoms with Crippen LogP contribution in [-0.4, -0.2) is 5.97 Å². The molecule has 0 heterocycles. The van der Waals surface area contributed by atoms with Gasteiger partial charge in [-0.25, -0.2) is 4.39 Å². The number of rotatable bonds is 4. The van der Waals surface area contributed by atoms with Crippen LogP contribution >= 0.6 is 0 Å². The van der Waals surface area contributed by atoms with Crippen LogP contribution in [0.4, 0.5) is 4.39 Å². The lowest BCUT2D eigenvalue weighted by atomic mass is 10.2. The molecule has 0 amide bonds. The van der Waals surface area contributed by atoms with E-state index in [-0.39, 0.29) is 11.8 Å². The normalized spacial score (nSPS) is 16.9. The highest BCUT2D eigenvalue weighted by Gasteiger charge is 2.26. The minimum atomic E-state index is -0.873. The first kappa shape index (κ1) is 11.1. The molecule has 86 valence electrons. The predicted molar refractivity (Wildman–Crippen MR) is 56.8 cm³/mol. The molecule has 4 heteroatoms. The Morgan fingerprint density at radius 2 is 2.31 bits per heavy atom. The van der Waals surface area contributed by atoms with E-state index in [4.69, 9.17) is 10.5 Å². The molecule has 1 atom stereocenters. The standard InChI is InChI=1S/C12H14FNO2/c13-10-3-1-2-9(7-10)12(14)16-11(15)6-8-4-5-8/h1-3,7-8,12H,4-6,14H2. The molecule has 3 nitrogen and oxygen atoms in total. The summed E-state index contributed by atoms with van der Waals surface area (Å²) in [5.41, 5.74) is 6.13. The second-order valence-corrected chi connectivity index (χ2v) is 4.11. The van der Waals surface area contributed by atoms with Crippen molar-refractivity contribution in [2.75, 3.05) is 0 Å². The Labute approximate surface area is 93.4 Å². The Morgan fingerprint density at radius 1 is 1.56 bits per heavy atom. The highest BCUT2D eigenvalue weighted by atomic mass is 19.1. The van der Waals surface area contributed by atoms with Gasteiger partial charge < -0.3 is 4.74 Å². The van der Waals surface area contributed by atoms with Gasteiger partial charge in [-0.05, 0) is 30.9 Å². The summed E-state index contributed by atoms with van der Waals surface area (Å²) in [7, 11) is 0. The number of esters is 1. The third-order valence-electron chi connectivity index (χ3n) is 2.59. The molecule has 1 saturated carbocycles. The van der Waals surface area contributed by atoms with Crippen molar-refractivity contribution >= 4 is 5.97 Å². The Morgan fingerprint density at radius 3 is 2.94 bits per heavy atom. The van der Waals surface area contributed by atoms with Crippen LogP contribution < -0.4 is 5.73 Å². The van der Waals surface area contributed by atoms with Crippen LogP contribution in [-0.2, 0) is 9.53 Å². The molecule has 0 radical (unpaired) electrons. The van der Waals surface area contributed by atoms with E-state index in [1.165, 1.54) is 12.1 Å². The topological polar surface area (TPSA) is 52.3 Å². The van der Waals surface area contributed by atoms with Crippen molar-refractivity contribution in [1.82, 2.24) is 0 Å². The van der Waals surface area contributed by atoms with Crippen LogP contribution in [0.3, 0.4) is 0 Å². The van der Waals surface area contributed by atoms with E-state index in [1.807, 2.05) is 0 Å². The van der Waals surface area contributed by atoms with Crippen LogP contribution in [0.5, 0.6) is 0 Å². The summed E-state index contributed by atoms with van der Waals surface area (Å²) in [5.74, 6) is -0.224. The largest absolute Gasteiger partial charge is 0.442 e. The Kier molecular flexibility index (Phi) is 3.19. The number of hydrogen-bond donors (Lipinski definition) is 1. The lowest BCUT2D eigenvalue weighted by Crippen LogP contribution is -2.19. The first-order chi connectivity index (χ1) is 7.65. The molecular formula is C12H14FNO2. The zero-order valence-electron chi connectivity index (χ0n) is 8.86. The quantitative estimate of drug-likeness (QED) is 0.628. The molecule has 1 aromatic rings. The lowest BCUT2D eigenvalue weighted by Gasteiger charge is -2.13. The molecule has 2 N–H and O–H groups in total. The molecule has 0 saturated heterocycles. The van der Waals surface area contributed by atoms with Crippen molar-refractivity contribution in [3.05, 3.63) is 35.6 Å². The first-order valence-corrected chi connectivity index (χ1v) is 5.35. The van der Waals surface area contributed by atoms with Gasteiger partial charge in [-0.2, -0.15) is 0 Å². The molecule has 0 aliphatic heterocycles. The fraction of sp³-hybridized carbons (Fsp3) is 0.417. The number of halogens is 1. The number of carbonyl (C=O) groups is 1. The first-order valence-electron chi connectivity index (χ1n) is 5.35. The maximum Gasteiger partial charge on any atom is 0.307 e. The minimum Gasteiger partial charge on any atom is -0.442 e. The zero-order valence-corrected chi connectivity index (χ0v) is 8.86. The maximum absolute atomic E-state index is 12.9. The smallest absolute Gasteiger partial charge is 0.307 e. The van der Waals surface area contributed by atoms with Crippen LogP contribution in [0, 0.1) is 11.7 Å². The van der Waals surface area contributed by atoms with Crippen LogP contribution in [0.25, 0.3) is 0 Å². The van der Waals surface area contributed by atoms with Gasteiger partial charge in [0.2, 0.25) is 0 Å². The second kappa shape index (κ2) is 4.61. The van der Waals surface area contributed by atoms with Crippen LogP contribution in [0.1, 0.15) is 31.1 Å². The van der Waals surface area contributed by atoms with E-state index in [9.17, 15) is 9.18 Å². The predicted octanol–water partition coefficient (Wildman–Crippen LogP) is 2.13. The van der Waals surface area contributed by atoms with Crippen molar-refractivity contribution in [3.8, 4) is 0 Å². The van der Waals surface area contributed by atoms with Gasteiger partial charge in [0, 0.05) is 12.0 Å². The summed E-state index contributed by atoms with van der Waals surface area (Å²) in [6, 6.07) is 5.77. The number of ether oxygens (including phenoxy) is 1. The van der Waals surface area contributed by atoms with E-state index >= 15 is 0 Å². The Balaban J connectivity index is 1.91. The molecular weight excluding hydrogens is 209 g/mol. The van der Waals surface area contributed by atoms with E-state index in [0.29, 0.717) is 17.9 Å². The van der Waals surface area contributed by atoms with Gasteiger partial charge in [-0.1, -0.05) is 12.1 Å². The molecule has 1 aromatic carbocycles. The lowest BCUT2D eigenvalue weighted by molar-refractivity contribution is -0.149. The summed E-state index contributed by atoms with van der Waals surface area (Å²) < 4.78 is 17.9. The molecule has 2 rings (SSSR count). The molecule has 1 fully saturated rings. The monoisotopic (exact) mass is 223 g/mol. The van der Waals surface area contributed by atoms with Crippen LogP contribution in [0.15, 0.2) is 24.3 Å². The van der Waals surface area contributed by atoms with Crippen molar-refractivity contribution in [2.45, 2.75) is 25.5 Å². The number of benzene rings is 1. The van der Waals surface area contributed by atoms with Gasteiger partial charge in [0.05, 0.1) is 0 Å². The van der Waals surface area contributed by atoms with Gasteiger partial charge in [0.25, 0.3) is 0 Å². The maximum atomic E-state index is 12.9. The van der Waals surface area contributed by atoms with Crippen molar-refractivity contribution in [3.63, 3.8) is 0 Å². The molecule has 16 heavy (non-hydrogen) atoms. The number of nitrogens with two attached hydrogens (primary N) is 1. The van der Waals surface area contributed by atoms with Gasteiger partial charge in [0.1, 0.15) is 5.82 Å². The third kappa shape index (κ3) is 3.03. The Hall–Kier alpha value is -1.42. The number of carbonyl (C=O) groups excluding carboxylic acids is 1. The van der Waals surface area contributed by atoms with E-state index in [2.05, 4.69) is 0 Å². The second-order valence-electron chi connectivity index (χ2n) is 4.11. The fourth-order valence-corrected chi connectivity index (χ4v) is 1.50. The van der Waals surface area contributed by atoms with Crippen molar-refractivity contribution in [2.24, 2.45) is 11.7 Å². The molecule has 0 aromatic heterocycles.